The minimum Gasteiger partial charge on any atom is -0.302 e. The second-order valence-electron chi connectivity index (χ2n) is 3.11. The van der Waals surface area contributed by atoms with E-state index < -0.39 is 0 Å². The van der Waals surface area contributed by atoms with Crippen LogP contribution in [-0.4, -0.2) is 11.3 Å². The number of benzene rings is 1. The van der Waals surface area contributed by atoms with Crippen LogP contribution in [0.25, 0.3) is 10.9 Å². The summed E-state index contributed by atoms with van der Waals surface area (Å²) in [5.74, 6) is 0. The summed E-state index contributed by atoms with van der Waals surface area (Å²) in [6.07, 6.45) is 0.826. The molecule has 0 fully saturated rings. The van der Waals surface area contributed by atoms with Crippen LogP contribution >= 0.6 is 31.9 Å². The number of halogens is 2. The zero-order chi connectivity index (χ0) is 10.8. The molecule has 2 nitrogen and oxygen atoms in total. The van der Waals surface area contributed by atoms with Gasteiger partial charge in [-0.15, -0.1) is 0 Å². The molecular formula is C11H7Br2NO. The van der Waals surface area contributed by atoms with Crippen molar-refractivity contribution in [2.24, 2.45) is 0 Å². The molecule has 2 rings (SSSR count). The topological polar surface area (TPSA) is 30.0 Å². The Morgan fingerprint density at radius 1 is 1.27 bits per heavy atom. The smallest absolute Gasteiger partial charge is 0.139 e. The maximum atomic E-state index is 10.6. The van der Waals surface area contributed by atoms with Gasteiger partial charge >= 0.3 is 0 Å². The molecule has 0 saturated carbocycles. The van der Waals surface area contributed by atoms with Gasteiger partial charge < -0.3 is 4.79 Å². The van der Waals surface area contributed by atoms with Gasteiger partial charge in [-0.3, -0.25) is 4.98 Å². The fraction of sp³-hybridized carbons (Fsp3) is 0.0909. The number of aromatic nitrogens is 1. The van der Waals surface area contributed by atoms with Crippen molar-refractivity contribution in [3.63, 3.8) is 0 Å². The molecule has 0 aliphatic rings. The van der Waals surface area contributed by atoms with Gasteiger partial charge in [0.05, 0.1) is 11.2 Å². The number of aldehydes is 1. The first kappa shape index (κ1) is 10.8. The summed E-state index contributed by atoms with van der Waals surface area (Å²) >= 11 is 6.65. The Balaban J connectivity index is 2.56. The first-order valence-corrected chi connectivity index (χ1v) is 6.07. The van der Waals surface area contributed by atoms with E-state index in [4.69, 9.17) is 0 Å². The van der Waals surface area contributed by atoms with Crippen LogP contribution < -0.4 is 0 Å². The standard InChI is InChI=1S/C11H7Br2NO/c12-8-2-4-10-7(5-8)1-3-11(14-10)9(13)6-15/h1-6,9H. The van der Waals surface area contributed by atoms with Gasteiger partial charge in [-0.1, -0.05) is 37.9 Å². The van der Waals surface area contributed by atoms with E-state index in [0.717, 1.165) is 27.4 Å². The van der Waals surface area contributed by atoms with Crippen LogP contribution in [0, 0.1) is 0 Å². The van der Waals surface area contributed by atoms with Gasteiger partial charge in [-0.25, -0.2) is 0 Å². The molecule has 0 aliphatic carbocycles. The molecule has 1 unspecified atom stereocenters. The molecule has 0 aliphatic heterocycles. The Kier molecular flexibility index (Phi) is 3.17. The lowest BCUT2D eigenvalue weighted by Gasteiger charge is -2.03. The Hall–Kier alpha value is -0.740. The van der Waals surface area contributed by atoms with Crippen molar-refractivity contribution in [3.05, 3.63) is 40.5 Å². The number of nitrogens with zero attached hydrogens (tertiary/aromatic N) is 1. The van der Waals surface area contributed by atoms with E-state index in [0.29, 0.717) is 0 Å². The first-order chi connectivity index (χ1) is 7.20. The van der Waals surface area contributed by atoms with Crippen LogP contribution in [0.2, 0.25) is 0 Å². The van der Waals surface area contributed by atoms with E-state index >= 15 is 0 Å². The van der Waals surface area contributed by atoms with E-state index in [-0.39, 0.29) is 4.83 Å². The fourth-order valence-electron chi connectivity index (χ4n) is 1.34. The monoisotopic (exact) mass is 327 g/mol. The van der Waals surface area contributed by atoms with Gasteiger partial charge in [0, 0.05) is 9.86 Å². The lowest BCUT2D eigenvalue weighted by Crippen LogP contribution is -1.94. The lowest BCUT2D eigenvalue weighted by atomic mass is 10.2. The molecule has 1 heterocycles. The van der Waals surface area contributed by atoms with Crippen molar-refractivity contribution < 1.29 is 4.79 Å². The number of carbonyl (C=O) groups excluding carboxylic acids is 1. The number of alkyl halides is 1. The van der Waals surface area contributed by atoms with E-state index in [1.807, 2.05) is 30.3 Å². The van der Waals surface area contributed by atoms with Crippen LogP contribution in [0.15, 0.2) is 34.8 Å². The minimum absolute atomic E-state index is 0.328. The molecule has 4 heteroatoms. The molecule has 2 aromatic rings. The molecule has 1 aromatic carbocycles. The van der Waals surface area contributed by atoms with E-state index in [1.54, 1.807) is 0 Å². The zero-order valence-electron chi connectivity index (χ0n) is 7.65. The van der Waals surface area contributed by atoms with Gasteiger partial charge in [0.25, 0.3) is 0 Å². The molecule has 76 valence electrons. The molecule has 1 aromatic heterocycles. The number of pyridine rings is 1. The van der Waals surface area contributed by atoms with Crippen LogP contribution in [0.4, 0.5) is 0 Å². The number of hydrogen-bond acceptors (Lipinski definition) is 2. The number of fused-ring (bicyclic) bond motifs is 1. The molecule has 0 radical (unpaired) electrons. The highest BCUT2D eigenvalue weighted by Gasteiger charge is 2.07. The summed E-state index contributed by atoms with van der Waals surface area (Å²) in [6, 6.07) is 9.66. The Morgan fingerprint density at radius 2 is 2.07 bits per heavy atom. The van der Waals surface area contributed by atoms with Crippen molar-refractivity contribution in [3.8, 4) is 0 Å². The van der Waals surface area contributed by atoms with E-state index in [9.17, 15) is 4.79 Å². The van der Waals surface area contributed by atoms with E-state index in [2.05, 4.69) is 36.8 Å². The van der Waals surface area contributed by atoms with Crippen molar-refractivity contribution in [1.29, 1.82) is 0 Å². The molecule has 0 amide bonds. The molecule has 0 saturated heterocycles. The number of carbonyl (C=O) groups is 1. The van der Waals surface area contributed by atoms with Crippen LogP contribution in [0.3, 0.4) is 0 Å². The first-order valence-electron chi connectivity index (χ1n) is 4.36. The summed E-state index contributed by atoms with van der Waals surface area (Å²) in [4.78, 5) is 14.7. The van der Waals surface area contributed by atoms with Crippen molar-refractivity contribution >= 4 is 49.0 Å². The molecule has 0 N–H and O–H groups in total. The molecular weight excluding hydrogens is 322 g/mol. The second kappa shape index (κ2) is 4.41. The van der Waals surface area contributed by atoms with Gasteiger partial charge in [0.2, 0.25) is 0 Å². The summed E-state index contributed by atoms with van der Waals surface area (Å²) in [7, 11) is 0. The summed E-state index contributed by atoms with van der Waals surface area (Å²) in [5.41, 5.74) is 1.63. The summed E-state index contributed by atoms with van der Waals surface area (Å²) in [6.45, 7) is 0. The average Bonchev–Trinajstić information content (AvgIpc) is 2.27. The molecule has 1 atom stereocenters. The maximum absolute atomic E-state index is 10.6. The van der Waals surface area contributed by atoms with Crippen molar-refractivity contribution in [2.75, 3.05) is 0 Å². The third-order valence-electron chi connectivity index (χ3n) is 2.07. The SMILES string of the molecule is O=CC(Br)c1ccc2cc(Br)ccc2n1. The molecule has 0 spiro atoms. The second-order valence-corrected chi connectivity index (χ2v) is 5.01. The van der Waals surface area contributed by atoms with Crippen LogP contribution in [0.1, 0.15) is 10.5 Å². The van der Waals surface area contributed by atoms with Crippen LogP contribution in [0.5, 0.6) is 0 Å². The Labute approximate surface area is 104 Å². The Bertz CT molecular complexity index is 513. The predicted octanol–water partition coefficient (Wildman–Crippen LogP) is 3.63. The molecule has 0 bridgehead atoms. The third kappa shape index (κ3) is 2.26. The Morgan fingerprint density at radius 3 is 2.80 bits per heavy atom. The normalized spacial score (nSPS) is 12.7. The van der Waals surface area contributed by atoms with Gasteiger partial charge in [0.15, 0.2) is 0 Å². The highest BCUT2D eigenvalue weighted by atomic mass is 79.9. The highest BCUT2D eigenvalue weighted by Crippen LogP contribution is 2.23. The highest BCUT2D eigenvalue weighted by molar-refractivity contribution is 9.10. The third-order valence-corrected chi connectivity index (χ3v) is 3.25. The lowest BCUT2D eigenvalue weighted by molar-refractivity contribution is -0.107. The minimum atomic E-state index is -0.328. The largest absolute Gasteiger partial charge is 0.302 e. The van der Waals surface area contributed by atoms with Crippen molar-refractivity contribution in [1.82, 2.24) is 4.98 Å². The van der Waals surface area contributed by atoms with Gasteiger partial charge in [-0.05, 0) is 24.3 Å². The fourth-order valence-corrected chi connectivity index (χ4v) is 1.97. The van der Waals surface area contributed by atoms with E-state index in [1.165, 1.54) is 0 Å². The van der Waals surface area contributed by atoms with Gasteiger partial charge in [-0.2, -0.15) is 0 Å². The maximum Gasteiger partial charge on any atom is 0.139 e. The molecule has 15 heavy (non-hydrogen) atoms. The number of rotatable bonds is 2. The summed E-state index contributed by atoms with van der Waals surface area (Å²) in [5, 5.41) is 1.05. The number of hydrogen-bond donors (Lipinski definition) is 0. The predicted molar refractivity (Wildman–Crippen MR) is 67.2 cm³/mol. The van der Waals surface area contributed by atoms with Crippen molar-refractivity contribution in [2.45, 2.75) is 4.83 Å². The van der Waals surface area contributed by atoms with Crippen LogP contribution in [-0.2, 0) is 4.79 Å². The quantitative estimate of drug-likeness (QED) is 0.622. The van der Waals surface area contributed by atoms with Gasteiger partial charge in [0.1, 0.15) is 11.1 Å². The zero-order valence-corrected chi connectivity index (χ0v) is 10.8. The average molecular weight is 329 g/mol. The summed E-state index contributed by atoms with van der Waals surface area (Å²) < 4.78 is 1.02.